The summed E-state index contributed by atoms with van der Waals surface area (Å²) in [6, 6.07) is -0.0409. The molecule has 1 aromatic rings. The maximum absolute atomic E-state index is 12.0. The third-order valence-corrected chi connectivity index (χ3v) is 3.91. The summed E-state index contributed by atoms with van der Waals surface area (Å²) < 4.78 is 1.34. The fourth-order valence-corrected chi connectivity index (χ4v) is 2.57. The van der Waals surface area contributed by atoms with Gasteiger partial charge in [0.15, 0.2) is 0 Å². The van der Waals surface area contributed by atoms with Gasteiger partial charge < -0.3 is 10.2 Å². The molecule has 0 unspecified atom stereocenters. The fourth-order valence-electron chi connectivity index (χ4n) is 2.36. The lowest BCUT2D eigenvalue weighted by atomic mass is 10.3. The summed E-state index contributed by atoms with van der Waals surface area (Å²) in [6.07, 6.45) is 4.10. The minimum absolute atomic E-state index is 0.0409. The molecule has 2 heterocycles. The van der Waals surface area contributed by atoms with Crippen molar-refractivity contribution in [3.8, 4) is 0 Å². The average Bonchev–Trinajstić information content (AvgIpc) is 2.97. The number of anilines is 1. The number of nitrogens with zero attached hydrogens (tertiary/aromatic N) is 3. The number of hydrogen-bond donors (Lipinski definition) is 1. The number of aromatic nitrogens is 2. The molecule has 1 fully saturated rings. The van der Waals surface area contributed by atoms with E-state index in [1.807, 2.05) is 18.7 Å². The summed E-state index contributed by atoms with van der Waals surface area (Å²) in [7, 11) is 0. The molecule has 1 N–H and O–H groups in total. The fraction of sp³-hybridized carbons (Fsp3) is 0.643. The van der Waals surface area contributed by atoms with Gasteiger partial charge in [-0.15, -0.1) is 0 Å². The van der Waals surface area contributed by atoms with E-state index in [9.17, 15) is 9.59 Å². The molecule has 0 spiro atoms. The van der Waals surface area contributed by atoms with Crippen molar-refractivity contribution in [1.82, 2.24) is 14.7 Å². The predicted octanol–water partition coefficient (Wildman–Crippen LogP) is 1.90. The molecule has 1 aliphatic heterocycles. The molecule has 0 saturated carbocycles. The summed E-state index contributed by atoms with van der Waals surface area (Å²) >= 11 is 6.05. The van der Waals surface area contributed by atoms with Crippen LogP contribution in [0.2, 0.25) is 5.02 Å². The first-order chi connectivity index (χ1) is 10.0. The predicted molar refractivity (Wildman–Crippen MR) is 82.8 cm³/mol. The smallest absolute Gasteiger partial charge is 0.287 e. The second-order valence-corrected chi connectivity index (χ2v) is 5.86. The number of likely N-dealkylation sites (tertiary alicyclic amines) is 1. The van der Waals surface area contributed by atoms with Gasteiger partial charge in [-0.25, -0.2) is 4.68 Å². The molecule has 116 valence electrons. The number of rotatable bonds is 5. The zero-order chi connectivity index (χ0) is 15.4. The van der Waals surface area contributed by atoms with Crippen LogP contribution in [0.1, 0.15) is 39.2 Å². The number of hydrogen-bond acceptors (Lipinski definition) is 4. The van der Waals surface area contributed by atoms with Crippen LogP contribution >= 0.6 is 11.6 Å². The highest BCUT2D eigenvalue weighted by Crippen LogP contribution is 2.16. The number of amides is 1. The molecule has 1 saturated heterocycles. The van der Waals surface area contributed by atoms with E-state index in [-0.39, 0.29) is 22.5 Å². The van der Waals surface area contributed by atoms with Crippen LogP contribution in [-0.4, -0.2) is 40.2 Å². The molecule has 1 aromatic heterocycles. The van der Waals surface area contributed by atoms with E-state index in [4.69, 9.17) is 11.6 Å². The third kappa shape index (κ3) is 3.75. The van der Waals surface area contributed by atoms with Gasteiger partial charge >= 0.3 is 0 Å². The quantitative estimate of drug-likeness (QED) is 0.901. The maximum Gasteiger partial charge on any atom is 0.287 e. The normalized spacial score (nSPS) is 14.8. The minimum Gasteiger partial charge on any atom is -0.382 e. The molecule has 6 nitrogen and oxygen atoms in total. The van der Waals surface area contributed by atoms with Crippen molar-refractivity contribution in [2.24, 2.45) is 0 Å². The maximum atomic E-state index is 12.0. The van der Waals surface area contributed by atoms with Crippen molar-refractivity contribution in [3.05, 3.63) is 21.6 Å². The molecule has 21 heavy (non-hydrogen) atoms. The standard InChI is InChI=1S/C14H21ClN4O2/c1-10(2)19-14(21)13(15)11(9-17-19)16-6-5-12(20)18-7-3-4-8-18/h9-10,16H,3-8H2,1-2H3. The van der Waals surface area contributed by atoms with Gasteiger partial charge in [-0.2, -0.15) is 5.10 Å². The van der Waals surface area contributed by atoms with E-state index >= 15 is 0 Å². The van der Waals surface area contributed by atoms with Crippen molar-refractivity contribution in [2.45, 2.75) is 39.2 Å². The van der Waals surface area contributed by atoms with Crippen molar-refractivity contribution in [1.29, 1.82) is 0 Å². The van der Waals surface area contributed by atoms with Crippen LogP contribution in [0.5, 0.6) is 0 Å². The highest BCUT2D eigenvalue weighted by molar-refractivity contribution is 6.32. The molecule has 0 aliphatic carbocycles. The molecule has 7 heteroatoms. The summed E-state index contributed by atoms with van der Waals surface area (Å²) in [5, 5.41) is 7.21. The van der Waals surface area contributed by atoms with Crippen molar-refractivity contribution in [2.75, 3.05) is 25.0 Å². The molecule has 0 bridgehead atoms. The lowest BCUT2D eigenvalue weighted by Gasteiger charge is -2.16. The Bertz CT molecular complexity index is 565. The van der Waals surface area contributed by atoms with Gasteiger partial charge in [0.05, 0.1) is 17.9 Å². The zero-order valence-corrected chi connectivity index (χ0v) is 13.2. The first-order valence-corrected chi connectivity index (χ1v) is 7.67. The Morgan fingerprint density at radius 2 is 2.10 bits per heavy atom. The Morgan fingerprint density at radius 3 is 2.71 bits per heavy atom. The Balaban J connectivity index is 1.93. The number of nitrogens with one attached hydrogen (secondary N) is 1. The van der Waals surface area contributed by atoms with Crippen LogP contribution in [-0.2, 0) is 4.79 Å². The van der Waals surface area contributed by atoms with Gasteiger partial charge in [0.2, 0.25) is 5.91 Å². The van der Waals surface area contributed by atoms with E-state index in [1.165, 1.54) is 10.9 Å². The Hall–Kier alpha value is -1.56. The monoisotopic (exact) mass is 312 g/mol. The summed E-state index contributed by atoms with van der Waals surface area (Å²) in [5.74, 6) is 0.139. The third-order valence-electron chi connectivity index (χ3n) is 3.55. The molecule has 0 aromatic carbocycles. The van der Waals surface area contributed by atoms with Crippen LogP contribution in [0.3, 0.4) is 0 Å². The number of carbonyl (C=O) groups excluding carboxylic acids is 1. The van der Waals surface area contributed by atoms with Gasteiger partial charge in [-0.3, -0.25) is 9.59 Å². The molecule has 0 atom stereocenters. The summed E-state index contributed by atoms with van der Waals surface area (Å²) in [6.45, 7) is 5.89. The van der Waals surface area contributed by atoms with Crippen molar-refractivity contribution in [3.63, 3.8) is 0 Å². The highest BCUT2D eigenvalue weighted by atomic mass is 35.5. The Labute approximate surface area is 129 Å². The molecule has 0 radical (unpaired) electrons. The zero-order valence-electron chi connectivity index (χ0n) is 12.4. The van der Waals surface area contributed by atoms with Crippen LogP contribution in [0.4, 0.5) is 5.69 Å². The Morgan fingerprint density at radius 1 is 1.43 bits per heavy atom. The van der Waals surface area contributed by atoms with E-state index < -0.39 is 0 Å². The van der Waals surface area contributed by atoms with Gasteiger partial charge in [0.25, 0.3) is 5.56 Å². The van der Waals surface area contributed by atoms with Crippen LogP contribution in [0, 0.1) is 0 Å². The number of halogens is 1. The first-order valence-electron chi connectivity index (χ1n) is 7.29. The first kappa shape index (κ1) is 15.8. The Kier molecular flexibility index (Phi) is 5.22. The second-order valence-electron chi connectivity index (χ2n) is 5.48. The summed E-state index contributed by atoms with van der Waals surface area (Å²) in [5.41, 5.74) is 0.162. The second kappa shape index (κ2) is 6.93. The van der Waals surface area contributed by atoms with E-state index in [0.717, 1.165) is 25.9 Å². The highest BCUT2D eigenvalue weighted by Gasteiger charge is 2.17. The topological polar surface area (TPSA) is 67.2 Å². The lowest BCUT2D eigenvalue weighted by molar-refractivity contribution is -0.129. The van der Waals surface area contributed by atoms with E-state index in [0.29, 0.717) is 18.7 Å². The van der Waals surface area contributed by atoms with Crippen LogP contribution in [0.25, 0.3) is 0 Å². The number of carbonyl (C=O) groups is 1. The van der Waals surface area contributed by atoms with Gasteiger partial charge in [0.1, 0.15) is 5.02 Å². The molecule has 2 rings (SSSR count). The largest absolute Gasteiger partial charge is 0.382 e. The minimum atomic E-state index is -0.317. The van der Waals surface area contributed by atoms with Gasteiger partial charge in [-0.05, 0) is 26.7 Å². The lowest BCUT2D eigenvalue weighted by Crippen LogP contribution is -2.29. The molecule has 1 amide bonds. The van der Waals surface area contributed by atoms with E-state index in [1.54, 1.807) is 0 Å². The molecular formula is C14H21ClN4O2. The SMILES string of the molecule is CC(C)n1ncc(NCCC(=O)N2CCCC2)c(Cl)c1=O. The van der Waals surface area contributed by atoms with Crippen molar-refractivity contribution < 1.29 is 4.79 Å². The molecular weight excluding hydrogens is 292 g/mol. The van der Waals surface area contributed by atoms with E-state index in [2.05, 4.69) is 10.4 Å². The van der Waals surface area contributed by atoms with Crippen molar-refractivity contribution >= 4 is 23.2 Å². The van der Waals surface area contributed by atoms with Crippen LogP contribution in [0.15, 0.2) is 11.0 Å². The van der Waals surface area contributed by atoms with Crippen LogP contribution < -0.4 is 10.9 Å². The average molecular weight is 313 g/mol. The van der Waals surface area contributed by atoms with Gasteiger partial charge in [-0.1, -0.05) is 11.6 Å². The summed E-state index contributed by atoms with van der Waals surface area (Å²) in [4.78, 5) is 25.8. The van der Waals surface area contributed by atoms with Gasteiger partial charge in [0, 0.05) is 26.1 Å². The molecule has 1 aliphatic rings.